The molecule has 0 saturated carbocycles. The molecule has 1 heterocycles. The van der Waals surface area contributed by atoms with Crippen LogP contribution in [0.2, 0.25) is 0 Å². The van der Waals surface area contributed by atoms with Gasteiger partial charge in [0.25, 0.3) is 0 Å². The van der Waals surface area contributed by atoms with Gasteiger partial charge in [0.2, 0.25) is 0 Å². The highest BCUT2D eigenvalue weighted by Crippen LogP contribution is 2.48. The zero-order chi connectivity index (χ0) is 29.3. The second-order valence-corrected chi connectivity index (χ2v) is 12.0. The first kappa shape index (κ1) is 26.2. The summed E-state index contributed by atoms with van der Waals surface area (Å²) in [6.45, 7) is 0. The molecule has 0 aliphatic carbocycles. The van der Waals surface area contributed by atoms with Gasteiger partial charge in [0.15, 0.2) is 0 Å². The monoisotopic (exact) mass is 579 g/mol. The first-order chi connectivity index (χ1) is 21.8. The van der Waals surface area contributed by atoms with Gasteiger partial charge in [-0.15, -0.1) is 11.3 Å². The van der Waals surface area contributed by atoms with Gasteiger partial charge in [-0.05, 0) is 58.7 Å². The van der Waals surface area contributed by atoms with Crippen molar-refractivity contribution in [3.8, 4) is 33.4 Å². The van der Waals surface area contributed by atoms with E-state index in [1.165, 1.54) is 53.6 Å². The number of para-hydroxylation sites is 1. The molecule has 0 fully saturated rings. The maximum atomic E-state index is 2.45. The third kappa shape index (κ3) is 4.76. The van der Waals surface area contributed by atoms with Crippen LogP contribution in [0.3, 0.4) is 0 Å². The highest BCUT2D eigenvalue weighted by molar-refractivity contribution is 7.25. The molecule has 8 aromatic rings. The predicted octanol–water partition coefficient (Wildman–Crippen LogP) is 12.5. The van der Waals surface area contributed by atoms with Crippen molar-refractivity contribution in [2.75, 3.05) is 4.90 Å². The minimum absolute atomic E-state index is 1.12. The Bertz CT molecular complexity index is 2200. The molecule has 1 aromatic heterocycles. The molecule has 1 nitrogen and oxygen atoms in total. The summed E-state index contributed by atoms with van der Waals surface area (Å²) in [5, 5.41) is 2.60. The lowest BCUT2D eigenvalue weighted by atomic mass is 9.97. The van der Waals surface area contributed by atoms with Gasteiger partial charge in [-0.2, -0.15) is 0 Å². The number of rotatable bonds is 6. The van der Waals surface area contributed by atoms with Gasteiger partial charge in [0.1, 0.15) is 0 Å². The van der Waals surface area contributed by atoms with E-state index >= 15 is 0 Å². The van der Waals surface area contributed by atoms with Crippen molar-refractivity contribution in [1.29, 1.82) is 0 Å². The quantitative estimate of drug-likeness (QED) is 0.189. The van der Waals surface area contributed by atoms with Crippen LogP contribution < -0.4 is 4.90 Å². The van der Waals surface area contributed by atoms with Crippen LogP contribution in [0.1, 0.15) is 0 Å². The smallest absolute Gasteiger partial charge is 0.0554 e. The van der Waals surface area contributed by atoms with E-state index in [0.29, 0.717) is 0 Å². The Morgan fingerprint density at radius 2 is 0.886 bits per heavy atom. The fourth-order valence-corrected chi connectivity index (χ4v) is 7.29. The van der Waals surface area contributed by atoms with Gasteiger partial charge < -0.3 is 4.90 Å². The molecular formula is C42H29NS. The lowest BCUT2D eigenvalue weighted by molar-refractivity contribution is 1.29. The summed E-state index contributed by atoms with van der Waals surface area (Å²) in [5.74, 6) is 0. The van der Waals surface area contributed by atoms with E-state index < -0.39 is 0 Å². The molecule has 0 N–H and O–H groups in total. The van der Waals surface area contributed by atoms with Crippen LogP contribution in [0, 0.1) is 0 Å². The summed E-state index contributed by atoms with van der Waals surface area (Å²) < 4.78 is 2.59. The van der Waals surface area contributed by atoms with E-state index in [1.54, 1.807) is 0 Å². The predicted molar refractivity (Wildman–Crippen MR) is 190 cm³/mol. The molecule has 0 aliphatic heterocycles. The van der Waals surface area contributed by atoms with Crippen molar-refractivity contribution in [3.63, 3.8) is 0 Å². The second-order valence-electron chi connectivity index (χ2n) is 11.0. The molecule has 0 saturated heterocycles. The Kier molecular flexibility index (Phi) is 6.75. The second kappa shape index (κ2) is 11.3. The maximum absolute atomic E-state index is 2.45. The third-order valence-electron chi connectivity index (χ3n) is 8.28. The van der Waals surface area contributed by atoms with Crippen LogP contribution in [0.25, 0.3) is 53.6 Å². The van der Waals surface area contributed by atoms with E-state index in [2.05, 4.69) is 181 Å². The zero-order valence-electron chi connectivity index (χ0n) is 24.1. The molecule has 0 unspecified atom stereocenters. The van der Waals surface area contributed by atoms with Crippen LogP contribution in [-0.4, -0.2) is 0 Å². The number of benzene rings is 7. The lowest BCUT2D eigenvalue weighted by Gasteiger charge is -2.30. The summed E-state index contributed by atoms with van der Waals surface area (Å²) in [7, 11) is 0. The van der Waals surface area contributed by atoms with Crippen LogP contribution in [0.5, 0.6) is 0 Å². The Morgan fingerprint density at radius 1 is 0.341 bits per heavy atom. The average Bonchev–Trinajstić information content (AvgIpc) is 3.47. The highest BCUT2D eigenvalue weighted by atomic mass is 32.1. The van der Waals surface area contributed by atoms with Gasteiger partial charge in [0, 0.05) is 37.0 Å². The van der Waals surface area contributed by atoms with Crippen molar-refractivity contribution >= 4 is 48.6 Å². The summed E-state index contributed by atoms with van der Waals surface area (Å²) in [6.07, 6.45) is 0. The van der Waals surface area contributed by atoms with Gasteiger partial charge in [-0.1, -0.05) is 140 Å². The maximum Gasteiger partial charge on any atom is 0.0554 e. The van der Waals surface area contributed by atoms with Crippen molar-refractivity contribution in [1.82, 2.24) is 0 Å². The molecule has 0 bridgehead atoms. The molecular weight excluding hydrogens is 551 g/mol. The standard InChI is InChI=1S/C42H29NS/c1-4-14-30(15-5-1)31-24-26-34(27-25-31)43(39-22-12-10-20-35(39)32-16-6-2-7-17-32)40-29-42-38(36-21-11-13-23-41(36)44-42)28-37(40)33-18-8-3-9-19-33/h1-29H. The van der Waals surface area contributed by atoms with Gasteiger partial charge in [-0.25, -0.2) is 0 Å². The molecule has 0 amide bonds. The number of anilines is 3. The lowest BCUT2D eigenvalue weighted by Crippen LogP contribution is -2.12. The number of hydrogen-bond donors (Lipinski definition) is 0. The van der Waals surface area contributed by atoms with Crippen molar-refractivity contribution in [2.24, 2.45) is 0 Å². The Labute approximate surface area is 261 Å². The first-order valence-corrected chi connectivity index (χ1v) is 15.8. The zero-order valence-corrected chi connectivity index (χ0v) is 24.9. The van der Waals surface area contributed by atoms with E-state index in [4.69, 9.17) is 0 Å². The molecule has 0 spiro atoms. The minimum Gasteiger partial charge on any atom is -0.309 e. The van der Waals surface area contributed by atoms with E-state index in [1.807, 2.05) is 11.3 Å². The number of thiophene rings is 1. The summed E-state index contributed by atoms with van der Waals surface area (Å²) in [6, 6.07) is 63.4. The molecule has 0 radical (unpaired) electrons. The van der Waals surface area contributed by atoms with E-state index in [-0.39, 0.29) is 0 Å². The molecule has 7 aromatic carbocycles. The summed E-state index contributed by atoms with van der Waals surface area (Å²) in [5.41, 5.74) is 10.6. The van der Waals surface area contributed by atoms with Crippen LogP contribution >= 0.6 is 11.3 Å². The largest absolute Gasteiger partial charge is 0.309 e. The normalized spacial score (nSPS) is 11.2. The van der Waals surface area contributed by atoms with Crippen LogP contribution in [-0.2, 0) is 0 Å². The fourth-order valence-electron chi connectivity index (χ4n) is 6.17. The highest BCUT2D eigenvalue weighted by Gasteiger charge is 2.22. The Morgan fingerprint density at radius 3 is 1.59 bits per heavy atom. The third-order valence-corrected chi connectivity index (χ3v) is 9.42. The SMILES string of the molecule is c1ccc(-c2ccc(N(c3ccccc3-c3ccccc3)c3cc4sc5ccccc5c4cc3-c3ccccc3)cc2)cc1. The topological polar surface area (TPSA) is 3.24 Å². The molecule has 44 heavy (non-hydrogen) atoms. The van der Waals surface area contributed by atoms with Crippen molar-refractivity contribution in [3.05, 3.63) is 176 Å². The van der Waals surface area contributed by atoms with Crippen LogP contribution in [0.15, 0.2) is 176 Å². The molecule has 0 aliphatic rings. The van der Waals surface area contributed by atoms with E-state index in [9.17, 15) is 0 Å². The molecule has 8 rings (SSSR count). The van der Waals surface area contributed by atoms with Gasteiger partial charge in [0.05, 0.1) is 11.4 Å². The van der Waals surface area contributed by atoms with Crippen molar-refractivity contribution < 1.29 is 0 Å². The average molecular weight is 580 g/mol. The minimum atomic E-state index is 1.12. The molecule has 2 heteroatoms. The molecule has 0 atom stereocenters. The number of nitrogens with zero attached hydrogens (tertiary/aromatic N) is 1. The number of fused-ring (bicyclic) bond motifs is 3. The summed E-state index contributed by atoms with van der Waals surface area (Å²) in [4.78, 5) is 2.45. The van der Waals surface area contributed by atoms with Gasteiger partial charge >= 0.3 is 0 Å². The van der Waals surface area contributed by atoms with Crippen molar-refractivity contribution in [2.45, 2.75) is 0 Å². The Balaban J connectivity index is 1.42. The summed E-state index contributed by atoms with van der Waals surface area (Å²) >= 11 is 1.86. The number of hydrogen-bond acceptors (Lipinski definition) is 2. The molecule has 208 valence electrons. The van der Waals surface area contributed by atoms with Gasteiger partial charge in [-0.3, -0.25) is 0 Å². The Hall–Kier alpha value is -5.44. The van der Waals surface area contributed by atoms with E-state index in [0.717, 1.165) is 17.1 Å². The van der Waals surface area contributed by atoms with Crippen LogP contribution in [0.4, 0.5) is 17.1 Å². The first-order valence-electron chi connectivity index (χ1n) is 14.9. The fraction of sp³-hybridized carbons (Fsp3) is 0.